The molecule has 0 aliphatic carbocycles. The van der Waals surface area contributed by atoms with Gasteiger partial charge in [-0.15, -0.1) is 0 Å². The summed E-state index contributed by atoms with van der Waals surface area (Å²) in [6.45, 7) is 1.00. The predicted octanol–water partition coefficient (Wildman–Crippen LogP) is 0.0840. The first-order chi connectivity index (χ1) is 5.83. The van der Waals surface area contributed by atoms with Crippen LogP contribution in [-0.4, -0.2) is 30.3 Å². The van der Waals surface area contributed by atoms with Gasteiger partial charge in [-0.25, -0.2) is 9.97 Å². The topological polar surface area (TPSA) is 70.3 Å². The van der Waals surface area contributed by atoms with Crippen LogP contribution in [0.25, 0.3) is 0 Å². The molecule has 0 atom stereocenters. The van der Waals surface area contributed by atoms with Crippen molar-refractivity contribution in [3.63, 3.8) is 0 Å². The van der Waals surface area contributed by atoms with Crippen molar-refractivity contribution < 1.29 is 9.47 Å². The summed E-state index contributed by atoms with van der Waals surface area (Å²) in [5.41, 5.74) is 5.33. The van der Waals surface area contributed by atoms with Crippen molar-refractivity contribution in [3.05, 3.63) is 12.4 Å². The maximum atomic E-state index is 5.33. The molecule has 0 saturated carbocycles. The fraction of sp³-hybridized carbons (Fsp3) is 0.429. The molecule has 0 aliphatic heterocycles. The van der Waals surface area contributed by atoms with Gasteiger partial charge in [0.05, 0.1) is 19.0 Å². The van der Waals surface area contributed by atoms with Crippen molar-refractivity contribution in [2.24, 2.45) is 0 Å². The second-order valence-electron chi connectivity index (χ2n) is 2.12. The Kier molecular flexibility index (Phi) is 3.28. The monoisotopic (exact) mass is 169 g/mol. The molecule has 5 nitrogen and oxygen atoms in total. The zero-order valence-electron chi connectivity index (χ0n) is 6.86. The van der Waals surface area contributed by atoms with Gasteiger partial charge in [-0.3, -0.25) is 0 Å². The Morgan fingerprint density at radius 1 is 1.33 bits per heavy atom. The van der Waals surface area contributed by atoms with Crippen molar-refractivity contribution in [3.8, 4) is 5.88 Å². The molecule has 66 valence electrons. The summed E-state index contributed by atoms with van der Waals surface area (Å²) in [4.78, 5) is 7.69. The molecular formula is C7H11N3O2. The zero-order valence-corrected chi connectivity index (χ0v) is 6.86. The van der Waals surface area contributed by atoms with E-state index in [2.05, 4.69) is 9.97 Å². The third-order valence-electron chi connectivity index (χ3n) is 1.19. The van der Waals surface area contributed by atoms with Crippen LogP contribution in [0.15, 0.2) is 12.4 Å². The van der Waals surface area contributed by atoms with E-state index in [0.717, 1.165) is 0 Å². The number of anilines is 1. The van der Waals surface area contributed by atoms with Crippen molar-refractivity contribution in [1.82, 2.24) is 9.97 Å². The summed E-state index contributed by atoms with van der Waals surface area (Å²) in [6, 6.07) is 0. The van der Waals surface area contributed by atoms with Crippen LogP contribution in [0, 0.1) is 0 Å². The third-order valence-corrected chi connectivity index (χ3v) is 1.19. The average molecular weight is 169 g/mol. The Bertz CT molecular complexity index is 225. The fourth-order valence-electron chi connectivity index (χ4n) is 0.630. The highest BCUT2D eigenvalue weighted by Gasteiger charge is 1.94. The lowest BCUT2D eigenvalue weighted by Crippen LogP contribution is -2.05. The Balaban J connectivity index is 2.37. The first-order valence-corrected chi connectivity index (χ1v) is 3.52. The van der Waals surface area contributed by atoms with Crippen LogP contribution in [0.3, 0.4) is 0 Å². The minimum atomic E-state index is 0.383. The van der Waals surface area contributed by atoms with Crippen molar-refractivity contribution >= 4 is 5.82 Å². The molecule has 2 N–H and O–H groups in total. The first-order valence-electron chi connectivity index (χ1n) is 3.52. The minimum Gasteiger partial charge on any atom is -0.474 e. The van der Waals surface area contributed by atoms with E-state index >= 15 is 0 Å². The normalized spacial score (nSPS) is 9.75. The number of hydrogen-bond acceptors (Lipinski definition) is 5. The lowest BCUT2D eigenvalue weighted by Gasteiger charge is -2.02. The molecular weight excluding hydrogens is 158 g/mol. The molecule has 1 aromatic heterocycles. The van der Waals surface area contributed by atoms with E-state index < -0.39 is 0 Å². The van der Waals surface area contributed by atoms with Crippen LogP contribution in [0.5, 0.6) is 5.88 Å². The van der Waals surface area contributed by atoms with Gasteiger partial charge in [0.15, 0.2) is 0 Å². The number of nitrogens with two attached hydrogens (primary N) is 1. The Morgan fingerprint density at radius 2 is 2.17 bits per heavy atom. The summed E-state index contributed by atoms with van der Waals surface area (Å²) in [7, 11) is 1.61. The molecule has 0 spiro atoms. The molecule has 0 amide bonds. The molecule has 1 aromatic rings. The standard InChI is InChI=1S/C7H11N3O2/c1-11-2-3-12-7-5-9-6(8)4-10-7/h4-5H,2-3H2,1H3,(H2,8,9). The van der Waals surface area contributed by atoms with E-state index in [1.807, 2.05) is 0 Å². The molecule has 0 radical (unpaired) electrons. The number of ether oxygens (including phenoxy) is 2. The van der Waals surface area contributed by atoms with Gasteiger partial charge >= 0.3 is 0 Å². The Labute approximate surface area is 70.5 Å². The molecule has 0 unspecified atom stereocenters. The second-order valence-corrected chi connectivity index (χ2v) is 2.12. The highest BCUT2D eigenvalue weighted by Crippen LogP contribution is 2.03. The highest BCUT2D eigenvalue weighted by atomic mass is 16.5. The van der Waals surface area contributed by atoms with Gasteiger partial charge in [0.1, 0.15) is 12.4 Å². The molecule has 0 aromatic carbocycles. The van der Waals surface area contributed by atoms with Gasteiger partial charge < -0.3 is 15.2 Å². The third kappa shape index (κ3) is 2.71. The Hall–Kier alpha value is -1.36. The van der Waals surface area contributed by atoms with Gasteiger partial charge in [-0.05, 0) is 0 Å². The number of nitrogens with zero attached hydrogens (tertiary/aromatic N) is 2. The number of rotatable bonds is 4. The number of nitrogen functional groups attached to an aromatic ring is 1. The van der Waals surface area contributed by atoms with Crippen molar-refractivity contribution in [2.45, 2.75) is 0 Å². The van der Waals surface area contributed by atoms with Crippen molar-refractivity contribution in [2.75, 3.05) is 26.1 Å². The second kappa shape index (κ2) is 4.50. The lowest BCUT2D eigenvalue weighted by molar-refractivity contribution is 0.143. The van der Waals surface area contributed by atoms with Gasteiger partial charge in [0.2, 0.25) is 5.88 Å². The van der Waals surface area contributed by atoms with Crippen LogP contribution < -0.4 is 10.5 Å². The largest absolute Gasteiger partial charge is 0.474 e. The highest BCUT2D eigenvalue weighted by molar-refractivity contribution is 5.24. The Morgan fingerprint density at radius 3 is 2.75 bits per heavy atom. The summed E-state index contributed by atoms with van der Waals surface area (Å²) in [6.07, 6.45) is 2.92. The van der Waals surface area contributed by atoms with E-state index in [-0.39, 0.29) is 0 Å². The van der Waals surface area contributed by atoms with Gasteiger partial charge in [-0.2, -0.15) is 0 Å². The molecule has 5 heteroatoms. The fourth-order valence-corrected chi connectivity index (χ4v) is 0.630. The van der Waals surface area contributed by atoms with Gasteiger partial charge in [0, 0.05) is 7.11 Å². The van der Waals surface area contributed by atoms with E-state index in [9.17, 15) is 0 Å². The van der Waals surface area contributed by atoms with Crippen LogP contribution in [0.1, 0.15) is 0 Å². The quantitative estimate of drug-likeness (QED) is 0.646. The van der Waals surface area contributed by atoms with Crippen molar-refractivity contribution in [1.29, 1.82) is 0 Å². The van der Waals surface area contributed by atoms with E-state index in [1.165, 1.54) is 12.4 Å². The summed E-state index contributed by atoms with van der Waals surface area (Å²) < 4.78 is 9.94. The number of aromatic nitrogens is 2. The molecule has 1 heterocycles. The minimum absolute atomic E-state index is 0.383. The lowest BCUT2D eigenvalue weighted by atomic mass is 10.6. The molecule has 0 saturated heterocycles. The van der Waals surface area contributed by atoms with Crippen LogP contribution in [0.4, 0.5) is 5.82 Å². The molecule has 1 rings (SSSR count). The van der Waals surface area contributed by atoms with E-state index in [0.29, 0.717) is 24.9 Å². The molecule has 12 heavy (non-hydrogen) atoms. The predicted molar refractivity (Wildman–Crippen MR) is 43.8 cm³/mol. The van der Waals surface area contributed by atoms with Crippen LogP contribution >= 0.6 is 0 Å². The SMILES string of the molecule is COCCOc1cnc(N)cn1. The van der Waals surface area contributed by atoms with Gasteiger partial charge in [-0.1, -0.05) is 0 Å². The molecule has 0 bridgehead atoms. The molecule has 0 fully saturated rings. The van der Waals surface area contributed by atoms with Crippen LogP contribution in [-0.2, 0) is 4.74 Å². The van der Waals surface area contributed by atoms with Gasteiger partial charge in [0.25, 0.3) is 0 Å². The smallest absolute Gasteiger partial charge is 0.232 e. The zero-order chi connectivity index (χ0) is 8.81. The maximum Gasteiger partial charge on any atom is 0.232 e. The number of hydrogen-bond donors (Lipinski definition) is 1. The summed E-state index contributed by atoms with van der Waals surface area (Å²) in [5.74, 6) is 0.843. The average Bonchev–Trinajstić information content (AvgIpc) is 2.09. The number of methoxy groups -OCH3 is 1. The van der Waals surface area contributed by atoms with E-state index in [1.54, 1.807) is 7.11 Å². The first kappa shape index (κ1) is 8.73. The summed E-state index contributed by atoms with van der Waals surface area (Å²) >= 11 is 0. The maximum absolute atomic E-state index is 5.33. The molecule has 0 aliphatic rings. The van der Waals surface area contributed by atoms with Crippen LogP contribution in [0.2, 0.25) is 0 Å². The van der Waals surface area contributed by atoms with E-state index in [4.69, 9.17) is 15.2 Å². The summed E-state index contributed by atoms with van der Waals surface area (Å²) in [5, 5.41) is 0.